The third-order valence-electron chi connectivity index (χ3n) is 4.80. The monoisotopic (exact) mass is 380 g/mol. The van der Waals surface area contributed by atoms with Crippen molar-refractivity contribution in [3.05, 3.63) is 69.4 Å². The second kappa shape index (κ2) is 7.58. The maximum Gasteiger partial charge on any atom is 0.125 e. The number of H-pyrrole nitrogens is 1. The van der Waals surface area contributed by atoms with Crippen LogP contribution in [0.5, 0.6) is 0 Å². The molecule has 0 spiro atoms. The molecule has 0 aliphatic carbocycles. The smallest absolute Gasteiger partial charge is 0.125 e. The minimum absolute atomic E-state index is 0.261. The van der Waals surface area contributed by atoms with Gasteiger partial charge >= 0.3 is 0 Å². The summed E-state index contributed by atoms with van der Waals surface area (Å²) >= 11 is 1.64. The number of rotatable bonds is 6. The molecule has 138 valence electrons. The van der Waals surface area contributed by atoms with Gasteiger partial charge in [0.15, 0.2) is 0 Å². The molecule has 0 unspecified atom stereocenters. The van der Waals surface area contributed by atoms with E-state index in [1.807, 2.05) is 12.3 Å². The molecule has 3 aromatic heterocycles. The minimum Gasteiger partial charge on any atom is -0.312 e. The standard InChI is InChI=1S/C21H21FN4S/c1-13-19(14(2)26-25-13)5-7-23-11-17-9-15-3-4-18(22)10-20(15)24-21(17)16-6-8-27-12-16/h3-4,6,8-10,12,23H,5,7,11H2,1-2H3,(H,25,26). The van der Waals surface area contributed by atoms with Gasteiger partial charge in [0.05, 0.1) is 16.9 Å². The van der Waals surface area contributed by atoms with Crippen LogP contribution in [0.3, 0.4) is 0 Å². The van der Waals surface area contributed by atoms with E-state index in [1.54, 1.807) is 17.4 Å². The molecule has 0 radical (unpaired) electrons. The van der Waals surface area contributed by atoms with Gasteiger partial charge in [-0.25, -0.2) is 9.37 Å². The van der Waals surface area contributed by atoms with E-state index in [0.717, 1.165) is 46.6 Å². The Morgan fingerprint density at radius 3 is 2.81 bits per heavy atom. The highest BCUT2D eigenvalue weighted by Gasteiger charge is 2.11. The van der Waals surface area contributed by atoms with Gasteiger partial charge in [-0.1, -0.05) is 0 Å². The minimum atomic E-state index is -0.261. The van der Waals surface area contributed by atoms with Crippen LogP contribution in [0.2, 0.25) is 0 Å². The first-order chi connectivity index (χ1) is 13.1. The van der Waals surface area contributed by atoms with Crippen LogP contribution >= 0.6 is 11.3 Å². The van der Waals surface area contributed by atoms with Gasteiger partial charge in [-0.3, -0.25) is 5.10 Å². The quantitative estimate of drug-likeness (QED) is 0.474. The van der Waals surface area contributed by atoms with Crippen LogP contribution in [-0.4, -0.2) is 21.7 Å². The molecule has 0 aliphatic rings. The number of pyridine rings is 1. The molecule has 27 heavy (non-hydrogen) atoms. The number of nitrogens with zero attached hydrogens (tertiary/aromatic N) is 2. The summed E-state index contributed by atoms with van der Waals surface area (Å²) in [5.41, 5.74) is 7.25. The molecule has 0 fully saturated rings. The number of nitrogens with one attached hydrogen (secondary N) is 2. The first-order valence-electron chi connectivity index (χ1n) is 8.95. The molecular formula is C21H21FN4S. The van der Waals surface area contributed by atoms with E-state index in [-0.39, 0.29) is 5.82 Å². The highest BCUT2D eigenvalue weighted by molar-refractivity contribution is 7.08. The second-order valence-corrected chi connectivity index (χ2v) is 7.46. The van der Waals surface area contributed by atoms with Crippen LogP contribution in [0.25, 0.3) is 22.2 Å². The summed E-state index contributed by atoms with van der Waals surface area (Å²) in [6.07, 6.45) is 0.925. The number of thiophene rings is 1. The Kier molecular flexibility index (Phi) is 5.01. The highest BCUT2D eigenvalue weighted by atomic mass is 32.1. The Morgan fingerprint density at radius 2 is 2.07 bits per heavy atom. The highest BCUT2D eigenvalue weighted by Crippen LogP contribution is 2.27. The number of halogens is 1. The van der Waals surface area contributed by atoms with Gasteiger partial charge in [0.25, 0.3) is 0 Å². The van der Waals surface area contributed by atoms with E-state index in [1.165, 1.54) is 17.7 Å². The summed E-state index contributed by atoms with van der Waals surface area (Å²) in [6.45, 7) is 5.64. The summed E-state index contributed by atoms with van der Waals surface area (Å²) in [4.78, 5) is 4.75. The van der Waals surface area contributed by atoms with Crippen LogP contribution in [-0.2, 0) is 13.0 Å². The molecule has 2 N–H and O–H groups in total. The lowest BCUT2D eigenvalue weighted by Crippen LogP contribution is -2.18. The SMILES string of the molecule is Cc1n[nH]c(C)c1CCNCc1cc2ccc(F)cc2nc1-c1ccsc1. The Labute approximate surface area is 161 Å². The fourth-order valence-corrected chi connectivity index (χ4v) is 3.99. The van der Waals surface area contributed by atoms with Crippen molar-refractivity contribution in [2.45, 2.75) is 26.8 Å². The molecule has 4 aromatic rings. The zero-order chi connectivity index (χ0) is 18.8. The number of aromatic amines is 1. The Hall–Kier alpha value is -2.57. The molecular weight excluding hydrogens is 359 g/mol. The second-order valence-electron chi connectivity index (χ2n) is 6.68. The molecule has 4 rings (SSSR count). The maximum absolute atomic E-state index is 13.6. The van der Waals surface area contributed by atoms with Crippen LogP contribution in [0, 0.1) is 19.7 Å². The number of aryl methyl sites for hydroxylation is 2. The lowest BCUT2D eigenvalue weighted by Gasteiger charge is -2.11. The van der Waals surface area contributed by atoms with Crippen molar-refractivity contribution in [2.75, 3.05) is 6.54 Å². The van der Waals surface area contributed by atoms with Crippen molar-refractivity contribution in [2.24, 2.45) is 0 Å². The normalized spacial score (nSPS) is 11.4. The van der Waals surface area contributed by atoms with Crippen molar-refractivity contribution in [1.29, 1.82) is 0 Å². The van der Waals surface area contributed by atoms with E-state index in [4.69, 9.17) is 4.98 Å². The molecule has 0 saturated carbocycles. The Bertz CT molecular complexity index is 1050. The Morgan fingerprint density at radius 1 is 1.19 bits per heavy atom. The van der Waals surface area contributed by atoms with Gasteiger partial charge in [0.1, 0.15) is 5.82 Å². The van der Waals surface area contributed by atoms with E-state index < -0.39 is 0 Å². The van der Waals surface area contributed by atoms with Crippen molar-refractivity contribution in [3.8, 4) is 11.3 Å². The van der Waals surface area contributed by atoms with Gasteiger partial charge in [-0.05, 0) is 67.6 Å². The first-order valence-corrected chi connectivity index (χ1v) is 9.89. The molecule has 0 atom stereocenters. The molecule has 4 nitrogen and oxygen atoms in total. The topological polar surface area (TPSA) is 53.6 Å². The largest absolute Gasteiger partial charge is 0.312 e. The van der Waals surface area contributed by atoms with Gasteiger partial charge < -0.3 is 5.32 Å². The molecule has 0 aliphatic heterocycles. The fourth-order valence-electron chi connectivity index (χ4n) is 3.35. The van der Waals surface area contributed by atoms with E-state index in [2.05, 4.69) is 40.0 Å². The van der Waals surface area contributed by atoms with Gasteiger partial charge in [-0.15, -0.1) is 0 Å². The summed E-state index contributed by atoms with van der Waals surface area (Å²) < 4.78 is 13.6. The summed E-state index contributed by atoms with van der Waals surface area (Å²) in [7, 11) is 0. The number of fused-ring (bicyclic) bond motifs is 1. The van der Waals surface area contributed by atoms with E-state index in [9.17, 15) is 4.39 Å². The number of aromatic nitrogens is 3. The molecule has 0 saturated heterocycles. The average Bonchev–Trinajstić information content (AvgIpc) is 3.29. The summed E-state index contributed by atoms with van der Waals surface area (Å²) in [6, 6.07) is 8.93. The van der Waals surface area contributed by atoms with Gasteiger partial charge in [0.2, 0.25) is 0 Å². The zero-order valence-corrected chi connectivity index (χ0v) is 16.2. The maximum atomic E-state index is 13.6. The van der Waals surface area contributed by atoms with Crippen LogP contribution in [0.15, 0.2) is 41.1 Å². The fraction of sp³-hybridized carbons (Fsp3) is 0.238. The zero-order valence-electron chi connectivity index (χ0n) is 15.3. The first kappa shape index (κ1) is 17.8. The number of hydrogen-bond acceptors (Lipinski definition) is 4. The molecule has 0 amide bonds. The third kappa shape index (κ3) is 3.77. The summed E-state index contributed by atoms with van der Waals surface area (Å²) in [5, 5.41) is 15.9. The van der Waals surface area contributed by atoms with Crippen molar-refractivity contribution in [3.63, 3.8) is 0 Å². The van der Waals surface area contributed by atoms with Crippen LogP contribution in [0.4, 0.5) is 4.39 Å². The third-order valence-corrected chi connectivity index (χ3v) is 5.48. The average molecular weight is 380 g/mol. The van der Waals surface area contributed by atoms with Crippen molar-refractivity contribution >= 4 is 22.2 Å². The van der Waals surface area contributed by atoms with Gasteiger partial charge in [-0.2, -0.15) is 16.4 Å². The predicted molar refractivity (Wildman–Crippen MR) is 108 cm³/mol. The van der Waals surface area contributed by atoms with E-state index in [0.29, 0.717) is 12.1 Å². The van der Waals surface area contributed by atoms with Crippen LogP contribution < -0.4 is 5.32 Å². The van der Waals surface area contributed by atoms with Crippen LogP contribution in [0.1, 0.15) is 22.5 Å². The Balaban J connectivity index is 1.56. The lowest BCUT2D eigenvalue weighted by atomic mass is 10.0. The van der Waals surface area contributed by atoms with Crippen molar-refractivity contribution < 1.29 is 4.39 Å². The van der Waals surface area contributed by atoms with E-state index >= 15 is 0 Å². The lowest BCUT2D eigenvalue weighted by molar-refractivity contribution is 0.629. The number of benzene rings is 1. The summed E-state index contributed by atoms with van der Waals surface area (Å²) in [5.74, 6) is -0.261. The predicted octanol–water partition coefficient (Wildman–Crippen LogP) is 4.77. The molecule has 3 heterocycles. The molecule has 6 heteroatoms. The number of hydrogen-bond donors (Lipinski definition) is 2. The molecule has 0 bridgehead atoms. The van der Waals surface area contributed by atoms with Gasteiger partial charge in [0, 0.05) is 34.6 Å². The van der Waals surface area contributed by atoms with Crippen molar-refractivity contribution in [1.82, 2.24) is 20.5 Å². The molecule has 1 aromatic carbocycles.